The average Bonchev–Trinajstić information content (AvgIpc) is 3.13. The van der Waals surface area contributed by atoms with Gasteiger partial charge in [0.05, 0.1) is 12.2 Å². The zero-order chi connectivity index (χ0) is 11.1. The summed E-state index contributed by atoms with van der Waals surface area (Å²) in [7, 11) is 0. The van der Waals surface area contributed by atoms with Crippen LogP contribution in [0.1, 0.15) is 19.4 Å². The van der Waals surface area contributed by atoms with E-state index in [9.17, 15) is 0 Å². The third-order valence-electron chi connectivity index (χ3n) is 1.83. The van der Waals surface area contributed by atoms with Crippen molar-refractivity contribution in [3.63, 3.8) is 0 Å². The number of hydrogen-bond donors (Lipinski definition) is 0. The lowest BCUT2D eigenvalue weighted by Crippen LogP contribution is -2.04. The van der Waals surface area contributed by atoms with Crippen LogP contribution in [-0.4, -0.2) is 19.3 Å². The Morgan fingerprint density at radius 3 is 2.73 bits per heavy atom. The Hall–Kier alpha value is -1.53. The molecule has 0 bridgehead atoms. The van der Waals surface area contributed by atoms with Gasteiger partial charge >= 0.3 is 0 Å². The maximum atomic E-state index is 8.74. The van der Waals surface area contributed by atoms with Gasteiger partial charge in [-0.05, 0) is 12.1 Å². The second-order valence-corrected chi connectivity index (χ2v) is 2.87. The number of epoxide rings is 1. The molecule has 3 nitrogen and oxygen atoms in total. The Morgan fingerprint density at radius 2 is 2.13 bits per heavy atom. The molecule has 1 heterocycles. The van der Waals surface area contributed by atoms with Crippen molar-refractivity contribution in [1.29, 1.82) is 5.26 Å². The Bertz CT molecular complexity index is 340. The summed E-state index contributed by atoms with van der Waals surface area (Å²) in [5.41, 5.74) is 0.572. The fourth-order valence-electron chi connectivity index (χ4n) is 1.03. The zero-order valence-electron chi connectivity index (χ0n) is 9.06. The fourth-order valence-corrected chi connectivity index (χ4v) is 1.03. The molecule has 1 unspecified atom stereocenters. The summed E-state index contributed by atoms with van der Waals surface area (Å²) in [6.45, 7) is 5.31. The van der Waals surface area contributed by atoms with Gasteiger partial charge in [-0.15, -0.1) is 0 Å². The molecule has 1 aliphatic heterocycles. The molecule has 3 heteroatoms. The Balaban J connectivity index is 0.000000531. The van der Waals surface area contributed by atoms with Gasteiger partial charge in [0, 0.05) is 0 Å². The van der Waals surface area contributed by atoms with Crippen LogP contribution in [0.2, 0.25) is 0 Å². The molecule has 2 rings (SSSR count). The fraction of sp³-hybridized carbons (Fsp3) is 0.417. The monoisotopic (exact) mass is 205 g/mol. The molecule has 1 saturated heterocycles. The molecule has 1 aromatic carbocycles. The maximum absolute atomic E-state index is 8.74. The second-order valence-electron chi connectivity index (χ2n) is 2.87. The number of nitriles is 1. The topological polar surface area (TPSA) is 45.5 Å². The van der Waals surface area contributed by atoms with Crippen molar-refractivity contribution in [2.75, 3.05) is 13.2 Å². The third-order valence-corrected chi connectivity index (χ3v) is 1.83. The average molecular weight is 205 g/mol. The number of rotatable bonds is 3. The largest absolute Gasteiger partial charge is 0.489 e. The van der Waals surface area contributed by atoms with E-state index in [-0.39, 0.29) is 6.10 Å². The van der Waals surface area contributed by atoms with E-state index in [0.717, 1.165) is 6.61 Å². The highest BCUT2D eigenvalue weighted by Crippen LogP contribution is 2.18. The maximum Gasteiger partial charge on any atom is 0.137 e. The van der Waals surface area contributed by atoms with Crippen LogP contribution in [0.3, 0.4) is 0 Å². The molecule has 1 aromatic rings. The van der Waals surface area contributed by atoms with E-state index in [4.69, 9.17) is 14.7 Å². The van der Waals surface area contributed by atoms with Crippen molar-refractivity contribution in [3.05, 3.63) is 29.8 Å². The Kier molecular flexibility index (Phi) is 4.65. The predicted molar refractivity (Wildman–Crippen MR) is 57.7 cm³/mol. The number of ether oxygens (including phenoxy) is 2. The lowest BCUT2D eigenvalue weighted by atomic mass is 10.2. The molecular weight excluding hydrogens is 190 g/mol. The van der Waals surface area contributed by atoms with Crippen molar-refractivity contribution < 1.29 is 9.47 Å². The Labute approximate surface area is 90.2 Å². The lowest BCUT2D eigenvalue weighted by molar-refractivity contribution is 0.262. The highest BCUT2D eigenvalue weighted by atomic mass is 16.6. The quantitative estimate of drug-likeness (QED) is 0.711. The molecule has 0 amide bonds. The molecule has 1 aliphatic rings. The van der Waals surface area contributed by atoms with Gasteiger partial charge in [0.25, 0.3) is 0 Å². The molecule has 1 fully saturated rings. The molecule has 0 N–H and O–H groups in total. The van der Waals surface area contributed by atoms with Crippen LogP contribution in [0, 0.1) is 11.3 Å². The first kappa shape index (κ1) is 11.5. The molecule has 0 radical (unpaired) electrons. The number of nitrogens with zero attached hydrogens (tertiary/aromatic N) is 1. The van der Waals surface area contributed by atoms with Gasteiger partial charge in [-0.2, -0.15) is 5.26 Å². The highest BCUT2D eigenvalue weighted by Gasteiger charge is 2.23. The van der Waals surface area contributed by atoms with Crippen molar-refractivity contribution in [2.24, 2.45) is 0 Å². The van der Waals surface area contributed by atoms with Gasteiger partial charge in [-0.25, -0.2) is 0 Å². The van der Waals surface area contributed by atoms with E-state index in [1.165, 1.54) is 0 Å². The molecule has 15 heavy (non-hydrogen) atoms. The van der Waals surface area contributed by atoms with E-state index in [2.05, 4.69) is 6.07 Å². The third kappa shape index (κ3) is 3.61. The SMILES string of the molecule is CC.N#Cc1ccccc1OCC1CO1. The highest BCUT2D eigenvalue weighted by molar-refractivity contribution is 5.42. The Morgan fingerprint density at radius 1 is 1.47 bits per heavy atom. The minimum atomic E-state index is 0.228. The number of benzene rings is 1. The summed E-state index contributed by atoms with van der Waals surface area (Å²) >= 11 is 0. The molecule has 0 aromatic heterocycles. The van der Waals surface area contributed by atoms with Crippen LogP contribution in [-0.2, 0) is 4.74 Å². The lowest BCUT2D eigenvalue weighted by Gasteiger charge is -2.04. The number of hydrogen-bond acceptors (Lipinski definition) is 3. The predicted octanol–water partition coefficient (Wildman–Crippen LogP) is 2.36. The van der Waals surface area contributed by atoms with Crippen molar-refractivity contribution >= 4 is 0 Å². The number of para-hydroxylation sites is 1. The molecule has 0 spiro atoms. The molecule has 0 saturated carbocycles. The first-order valence-electron chi connectivity index (χ1n) is 5.13. The minimum Gasteiger partial charge on any atom is -0.489 e. The van der Waals surface area contributed by atoms with Crippen LogP contribution in [0.4, 0.5) is 0 Å². The van der Waals surface area contributed by atoms with E-state index >= 15 is 0 Å². The van der Waals surface area contributed by atoms with Crippen LogP contribution in [0.25, 0.3) is 0 Å². The van der Waals surface area contributed by atoms with Gasteiger partial charge in [0.1, 0.15) is 24.5 Å². The molecule has 1 atom stereocenters. The van der Waals surface area contributed by atoms with E-state index in [0.29, 0.717) is 17.9 Å². The van der Waals surface area contributed by atoms with Crippen LogP contribution < -0.4 is 4.74 Å². The van der Waals surface area contributed by atoms with Gasteiger partial charge in [-0.1, -0.05) is 26.0 Å². The molecule has 80 valence electrons. The van der Waals surface area contributed by atoms with Crippen molar-refractivity contribution in [1.82, 2.24) is 0 Å². The first-order chi connectivity index (χ1) is 7.40. The normalized spacial score (nSPS) is 17.0. The smallest absolute Gasteiger partial charge is 0.137 e. The van der Waals surface area contributed by atoms with Gasteiger partial charge in [-0.3, -0.25) is 0 Å². The molecule has 0 aliphatic carbocycles. The van der Waals surface area contributed by atoms with E-state index in [1.54, 1.807) is 12.1 Å². The van der Waals surface area contributed by atoms with E-state index in [1.807, 2.05) is 26.0 Å². The second kappa shape index (κ2) is 6.05. The van der Waals surface area contributed by atoms with Crippen LogP contribution >= 0.6 is 0 Å². The van der Waals surface area contributed by atoms with E-state index < -0.39 is 0 Å². The van der Waals surface area contributed by atoms with Crippen molar-refractivity contribution in [3.8, 4) is 11.8 Å². The summed E-state index contributed by atoms with van der Waals surface area (Å²) in [5.74, 6) is 0.639. The van der Waals surface area contributed by atoms with Gasteiger partial charge in [0.2, 0.25) is 0 Å². The van der Waals surface area contributed by atoms with Crippen LogP contribution in [0.5, 0.6) is 5.75 Å². The summed E-state index contributed by atoms with van der Waals surface area (Å²) in [6, 6.07) is 9.28. The minimum absolute atomic E-state index is 0.228. The standard InChI is InChI=1S/C10H9NO2.C2H6/c11-5-8-3-1-2-4-10(8)13-7-9-6-12-9;1-2/h1-4,9H,6-7H2;1-2H3. The summed E-state index contributed by atoms with van der Waals surface area (Å²) < 4.78 is 10.4. The van der Waals surface area contributed by atoms with Crippen molar-refractivity contribution in [2.45, 2.75) is 20.0 Å². The van der Waals surface area contributed by atoms with Gasteiger partial charge < -0.3 is 9.47 Å². The first-order valence-corrected chi connectivity index (χ1v) is 5.13. The summed E-state index contributed by atoms with van der Waals surface area (Å²) in [5, 5.41) is 8.74. The summed E-state index contributed by atoms with van der Waals surface area (Å²) in [4.78, 5) is 0. The zero-order valence-corrected chi connectivity index (χ0v) is 9.06. The van der Waals surface area contributed by atoms with Crippen LogP contribution in [0.15, 0.2) is 24.3 Å². The summed E-state index contributed by atoms with van der Waals surface area (Å²) in [6.07, 6.45) is 0.228. The van der Waals surface area contributed by atoms with Gasteiger partial charge in [0.15, 0.2) is 0 Å². The molecular formula is C12H15NO2.